The molecule has 0 aromatic rings. The first-order chi connectivity index (χ1) is 17.6. The van der Waals surface area contributed by atoms with E-state index in [4.69, 9.17) is 5.11 Å². The molecule has 0 saturated heterocycles. The first-order valence-corrected chi connectivity index (χ1v) is 15.6. The predicted molar refractivity (Wildman–Crippen MR) is 165 cm³/mol. The molecule has 0 heterocycles. The summed E-state index contributed by atoms with van der Waals surface area (Å²) >= 11 is 0. The lowest BCUT2D eigenvalue weighted by molar-refractivity contribution is -0.0340. The SMILES string of the molecule is CC(C)=CCCC(C)=CCCC(C)=CCO.CC1(C)C(O)[C@@]2(C)CC[C@@H]1C2.CC1CCC(C(C)C)C(O)C1. The summed E-state index contributed by atoms with van der Waals surface area (Å²) in [7, 11) is 0. The van der Waals surface area contributed by atoms with E-state index in [0.717, 1.165) is 43.9 Å². The Hall–Kier alpha value is -0.900. The van der Waals surface area contributed by atoms with Crippen molar-refractivity contribution < 1.29 is 15.3 Å². The molecule has 3 aliphatic carbocycles. The van der Waals surface area contributed by atoms with Crippen LogP contribution in [0.5, 0.6) is 0 Å². The van der Waals surface area contributed by atoms with Crippen molar-refractivity contribution in [2.24, 2.45) is 34.5 Å². The van der Waals surface area contributed by atoms with Gasteiger partial charge in [-0.05, 0) is 120 Å². The van der Waals surface area contributed by atoms with Gasteiger partial charge in [0.15, 0.2) is 0 Å². The van der Waals surface area contributed by atoms with Crippen molar-refractivity contribution in [2.45, 2.75) is 146 Å². The Balaban J connectivity index is 0.000000291. The Kier molecular flexibility index (Phi) is 15.1. The number of fused-ring (bicyclic) bond motifs is 2. The highest BCUT2D eigenvalue weighted by Crippen LogP contribution is 2.62. The Morgan fingerprint density at radius 3 is 1.87 bits per heavy atom. The zero-order valence-corrected chi connectivity index (χ0v) is 26.8. The summed E-state index contributed by atoms with van der Waals surface area (Å²) in [6.45, 7) is 22.0. The summed E-state index contributed by atoms with van der Waals surface area (Å²) in [6, 6.07) is 0. The molecule has 3 fully saturated rings. The van der Waals surface area contributed by atoms with Crippen LogP contribution in [0, 0.1) is 34.5 Å². The van der Waals surface area contributed by atoms with E-state index in [1.54, 1.807) is 0 Å². The van der Waals surface area contributed by atoms with Gasteiger partial charge in [0.25, 0.3) is 0 Å². The van der Waals surface area contributed by atoms with E-state index in [9.17, 15) is 10.2 Å². The van der Waals surface area contributed by atoms with Crippen LogP contribution in [-0.2, 0) is 0 Å². The summed E-state index contributed by atoms with van der Waals surface area (Å²) < 4.78 is 0. The molecule has 0 aromatic heterocycles. The molecule has 0 radical (unpaired) electrons. The summed E-state index contributed by atoms with van der Waals surface area (Å²) in [5, 5.41) is 28.4. The van der Waals surface area contributed by atoms with Crippen LogP contribution < -0.4 is 0 Å². The molecule has 3 N–H and O–H groups in total. The van der Waals surface area contributed by atoms with Crippen molar-refractivity contribution in [3.05, 3.63) is 34.9 Å². The maximum Gasteiger partial charge on any atom is 0.0647 e. The van der Waals surface area contributed by atoms with Crippen LogP contribution in [0.25, 0.3) is 0 Å². The Labute approximate surface area is 236 Å². The van der Waals surface area contributed by atoms with Crippen molar-refractivity contribution in [1.29, 1.82) is 0 Å². The average molecular weight is 533 g/mol. The number of aliphatic hydroxyl groups excluding tert-OH is 3. The molecule has 222 valence electrons. The smallest absolute Gasteiger partial charge is 0.0647 e. The lowest BCUT2D eigenvalue weighted by atomic mass is 9.70. The Bertz CT molecular complexity index is 765. The monoisotopic (exact) mass is 532 g/mol. The van der Waals surface area contributed by atoms with Crippen LogP contribution in [-0.4, -0.2) is 34.1 Å². The third kappa shape index (κ3) is 11.3. The molecule has 3 aliphatic rings. The number of hydrogen-bond donors (Lipinski definition) is 3. The van der Waals surface area contributed by atoms with Crippen LogP contribution in [0.1, 0.15) is 133 Å². The fourth-order valence-electron chi connectivity index (χ4n) is 6.92. The minimum atomic E-state index is -0.0613. The third-order valence-corrected chi connectivity index (χ3v) is 9.74. The van der Waals surface area contributed by atoms with Crippen LogP contribution in [0.3, 0.4) is 0 Å². The molecule has 4 unspecified atom stereocenters. The number of hydrogen-bond acceptors (Lipinski definition) is 3. The van der Waals surface area contributed by atoms with E-state index < -0.39 is 0 Å². The fraction of sp³-hybridized carbons (Fsp3) is 0.829. The van der Waals surface area contributed by atoms with Crippen LogP contribution in [0.2, 0.25) is 0 Å². The standard InChI is InChI=1S/C15H26O.C10H18O.C10H20O/c1-13(2)7-5-8-14(3)9-6-10-15(4)11-12-16;1-9(2)7-4-5-10(3,6-7)8(9)11;1-7(2)9-5-4-8(3)6-10(9)11/h7,9,11,16H,5-6,8,10,12H2,1-4H3;7-8,11H,4-6H2,1-3H3;7-11H,4-6H2,1-3H3/t;7-,8?,10+;/m.1./s1. The van der Waals surface area contributed by atoms with Gasteiger partial charge >= 0.3 is 0 Å². The molecule has 3 heteroatoms. The number of aliphatic hydroxyl groups is 3. The largest absolute Gasteiger partial charge is 0.393 e. The van der Waals surface area contributed by atoms with E-state index in [1.165, 1.54) is 48.8 Å². The molecule has 38 heavy (non-hydrogen) atoms. The van der Waals surface area contributed by atoms with Gasteiger partial charge < -0.3 is 15.3 Å². The zero-order valence-electron chi connectivity index (χ0n) is 26.8. The Morgan fingerprint density at radius 2 is 1.45 bits per heavy atom. The highest BCUT2D eigenvalue weighted by molar-refractivity contribution is 5.08. The lowest BCUT2D eigenvalue weighted by Gasteiger charge is -2.38. The van der Waals surface area contributed by atoms with E-state index in [0.29, 0.717) is 11.8 Å². The van der Waals surface area contributed by atoms with Crippen molar-refractivity contribution in [1.82, 2.24) is 0 Å². The number of allylic oxidation sites excluding steroid dienone is 5. The molecular formula is C35H64O3. The fourth-order valence-corrected chi connectivity index (χ4v) is 6.92. The molecule has 3 saturated carbocycles. The van der Waals surface area contributed by atoms with Gasteiger partial charge in [-0.2, -0.15) is 0 Å². The molecule has 0 spiro atoms. The van der Waals surface area contributed by atoms with Gasteiger partial charge in [0.1, 0.15) is 0 Å². The van der Waals surface area contributed by atoms with Crippen molar-refractivity contribution in [3.63, 3.8) is 0 Å². The summed E-state index contributed by atoms with van der Waals surface area (Å²) in [6.07, 6.45) is 18.2. The van der Waals surface area contributed by atoms with Gasteiger partial charge in [-0.15, -0.1) is 0 Å². The lowest BCUT2D eigenvalue weighted by Crippen LogP contribution is -2.39. The van der Waals surface area contributed by atoms with Crippen LogP contribution in [0.4, 0.5) is 0 Å². The molecule has 2 bridgehead atoms. The minimum Gasteiger partial charge on any atom is -0.393 e. The van der Waals surface area contributed by atoms with Gasteiger partial charge in [-0.3, -0.25) is 0 Å². The second kappa shape index (κ2) is 16.4. The maximum atomic E-state index is 10.0. The van der Waals surface area contributed by atoms with Gasteiger partial charge in [-0.25, -0.2) is 0 Å². The summed E-state index contributed by atoms with van der Waals surface area (Å²) in [4.78, 5) is 0. The van der Waals surface area contributed by atoms with Gasteiger partial charge in [0, 0.05) is 0 Å². The second-order valence-electron chi connectivity index (χ2n) is 14.4. The van der Waals surface area contributed by atoms with E-state index in [1.807, 2.05) is 6.08 Å². The molecule has 0 aromatic carbocycles. The van der Waals surface area contributed by atoms with Gasteiger partial charge in [0.2, 0.25) is 0 Å². The molecule has 3 rings (SSSR count). The summed E-state index contributed by atoms with van der Waals surface area (Å²) in [5.74, 6) is 2.73. The van der Waals surface area contributed by atoms with Crippen molar-refractivity contribution in [2.75, 3.05) is 6.61 Å². The average Bonchev–Trinajstić information content (AvgIpc) is 3.29. The topological polar surface area (TPSA) is 60.7 Å². The van der Waals surface area contributed by atoms with E-state index in [2.05, 4.69) is 81.4 Å². The van der Waals surface area contributed by atoms with Gasteiger partial charge in [-0.1, -0.05) is 82.9 Å². The van der Waals surface area contributed by atoms with Crippen LogP contribution >= 0.6 is 0 Å². The number of rotatable bonds is 8. The van der Waals surface area contributed by atoms with E-state index in [-0.39, 0.29) is 29.6 Å². The Morgan fingerprint density at radius 1 is 0.868 bits per heavy atom. The maximum absolute atomic E-state index is 10.0. The predicted octanol–water partition coefficient (Wildman–Crippen LogP) is 9.03. The molecular weight excluding hydrogens is 468 g/mol. The summed E-state index contributed by atoms with van der Waals surface area (Å²) in [5.41, 5.74) is 4.58. The van der Waals surface area contributed by atoms with Crippen molar-refractivity contribution in [3.8, 4) is 0 Å². The highest BCUT2D eigenvalue weighted by Gasteiger charge is 2.58. The first-order valence-electron chi connectivity index (χ1n) is 15.6. The highest BCUT2D eigenvalue weighted by atomic mass is 16.3. The first kappa shape index (κ1) is 35.1. The minimum absolute atomic E-state index is 0.0289. The quantitative estimate of drug-likeness (QED) is 0.273. The van der Waals surface area contributed by atoms with E-state index >= 15 is 0 Å². The van der Waals surface area contributed by atoms with Crippen molar-refractivity contribution >= 4 is 0 Å². The van der Waals surface area contributed by atoms with Crippen LogP contribution in [0.15, 0.2) is 34.9 Å². The normalized spacial score (nSPS) is 32.3. The second-order valence-corrected chi connectivity index (χ2v) is 14.4. The third-order valence-electron chi connectivity index (χ3n) is 9.74. The zero-order chi connectivity index (χ0) is 29.1. The molecule has 3 nitrogen and oxygen atoms in total. The van der Waals surface area contributed by atoms with Gasteiger partial charge in [0.05, 0.1) is 18.8 Å². The molecule has 6 atom stereocenters. The molecule has 0 aliphatic heterocycles. The molecule has 0 amide bonds.